The summed E-state index contributed by atoms with van der Waals surface area (Å²) in [6, 6.07) is 9.92. The van der Waals surface area contributed by atoms with Crippen LogP contribution in [0.25, 0.3) is 0 Å². The van der Waals surface area contributed by atoms with Gasteiger partial charge in [-0.3, -0.25) is 9.59 Å². The topological polar surface area (TPSA) is 89.0 Å². The fourth-order valence-corrected chi connectivity index (χ4v) is 2.54. The molecule has 0 bridgehead atoms. The van der Waals surface area contributed by atoms with Gasteiger partial charge < -0.3 is 14.8 Å². The first-order chi connectivity index (χ1) is 13.9. The van der Waals surface area contributed by atoms with E-state index in [-0.39, 0.29) is 0 Å². The van der Waals surface area contributed by atoms with Crippen LogP contribution in [-0.2, 0) is 9.59 Å². The average molecular weight is 438 g/mol. The molecule has 2 amide bonds. The number of amides is 2. The van der Waals surface area contributed by atoms with E-state index < -0.39 is 18.2 Å². The summed E-state index contributed by atoms with van der Waals surface area (Å²) in [5, 5.41) is 7.10. The van der Waals surface area contributed by atoms with E-state index in [1.54, 1.807) is 37.4 Å². The summed E-state index contributed by atoms with van der Waals surface area (Å²) in [7, 11) is 1.54. The highest BCUT2D eigenvalue weighted by Gasteiger charge is 2.10. The van der Waals surface area contributed by atoms with Gasteiger partial charge in [-0.1, -0.05) is 30.1 Å². The molecule has 29 heavy (non-hydrogen) atoms. The zero-order chi connectivity index (χ0) is 21.2. The van der Waals surface area contributed by atoms with Gasteiger partial charge in [-0.15, -0.1) is 0 Å². The Bertz CT molecular complexity index is 903. The molecule has 2 N–H and O–H groups in total. The summed E-state index contributed by atoms with van der Waals surface area (Å²) in [6.07, 6.45) is 1.93. The van der Waals surface area contributed by atoms with Gasteiger partial charge in [-0.05, 0) is 48.4 Å². The number of nitrogens with one attached hydrogen (secondary N) is 2. The van der Waals surface area contributed by atoms with Gasteiger partial charge in [0, 0.05) is 5.69 Å². The average Bonchev–Trinajstić information content (AvgIpc) is 2.69. The fourth-order valence-electron chi connectivity index (χ4n) is 2.24. The van der Waals surface area contributed by atoms with Crippen molar-refractivity contribution in [3.05, 3.63) is 52.0 Å². The first-order valence-corrected chi connectivity index (χ1v) is 9.56. The third-order valence-electron chi connectivity index (χ3n) is 3.58. The molecule has 2 aromatic rings. The van der Waals surface area contributed by atoms with Crippen LogP contribution in [0.1, 0.15) is 25.3 Å². The van der Waals surface area contributed by atoms with E-state index in [2.05, 4.69) is 15.8 Å². The Labute approximate surface area is 179 Å². The molecule has 2 rings (SSSR count). The minimum atomic E-state index is -0.561. The van der Waals surface area contributed by atoms with Gasteiger partial charge in [0.05, 0.1) is 30.0 Å². The molecule has 0 heterocycles. The van der Waals surface area contributed by atoms with E-state index in [0.717, 1.165) is 6.42 Å². The molecule has 0 aliphatic rings. The maximum Gasteiger partial charge on any atom is 0.249 e. The maximum atomic E-state index is 11.9. The van der Waals surface area contributed by atoms with Crippen LogP contribution in [-0.4, -0.2) is 31.7 Å². The van der Waals surface area contributed by atoms with Gasteiger partial charge in [-0.2, -0.15) is 5.10 Å². The maximum absolute atomic E-state index is 11.9. The van der Waals surface area contributed by atoms with Crippen molar-refractivity contribution in [2.75, 3.05) is 19.0 Å². The number of carbonyl (C=O) groups is 2. The van der Waals surface area contributed by atoms with Gasteiger partial charge in [0.25, 0.3) is 0 Å². The van der Waals surface area contributed by atoms with E-state index in [0.29, 0.717) is 39.4 Å². The molecule has 0 aromatic heterocycles. The number of nitrogens with zero attached hydrogens (tertiary/aromatic N) is 1. The molecule has 9 heteroatoms. The molecule has 0 fully saturated rings. The lowest BCUT2D eigenvalue weighted by Gasteiger charge is -2.10. The lowest BCUT2D eigenvalue weighted by Crippen LogP contribution is -2.24. The fraction of sp³-hybridized carbons (Fsp3) is 0.250. The molecule has 0 aliphatic carbocycles. The van der Waals surface area contributed by atoms with Gasteiger partial charge >= 0.3 is 0 Å². The molecule has 0 spiro atoms. The molecule has 0 radical (unpaired) electrons. The van der Waals surface area contributed by atoms with Crippen LogP contribution in [0.4, 0.5) is 5.69 Å². The normalized spacial score (nSPS) is 10.6. The van der Waals surface area contributed by atoms with Crippen molar-refractivity contribution in [1.82, 2.24) is 5.43 Å². The molecule has 0 saturated heterocycles. The van der Waals surface area contributed by atoms with Gasteiger partial charge in [0.15, 0.2) is 11.5 Å². The lowest BCUT2D eigenvalue weighted by atomic mass is 10.2. The van der Waals surface area contributed by atoms with E-state index in [9.17, 15) is 9.59 Å². The first-order valence-electron chi connectivity index (χ1n) is 8.80. The van der Waals surface area contributed by atoms with Crippen molar-refractivity contribution in [3.63, 3.8) is 0 Å². The zero-order valence-corrected chi connectivity index (χ0v) is 17.5. The highest BCUT2D eigenvalue weighted by atomic mass is 35.5. The molecule has 0 aliphatic heterocycles. The van der Waals surface area contributed by atoms with E-state index >= 15 is 0 Å². The molecule has 0 unspecified atom stereocenters. The Morgan fingerprint density at radius 1 is 1.07 bits per heavy atom. The summed E-state index contributed by atoms with van der Waals surface area (Å²) in [5.74, 6) is 0.132. The second-order valence-electron chi connectivity index (χ2n) is 5.91. The number of hydrogen-bond acceptors (Lipinski definition) is 5. The van der Waals surface area contributed by atoms with Crippen LogP contribution < -0.4 is 20.2 Å². The minimum Gasteiger partial charge on any atom is -0.493 e. The van der Waals surface area contributed by atoms with Gasteiger partial charge in [0.1, 0.15) is 6.42 Å². The number of hydrazone groups is 1. The largest absolute Gasteiger partial charge is 0.493 e. The Kier molecular flexibility index (Phi) is 8.76. The SMILES string of the molecule is CCCOc1ccc(/C=N\NC(=O)CC(=O)Nc2ccc(Cl)c(Cl)c2)cc1OC. The number of halogens is 2. The molecule has 0 saturated carbocycles. The Morgan fingerprint density at radius 3 is 2.55 bits per heavy atom. The van der Waals surface area contributed by atoms with Crippen LogP contribution in [0.3, 0.4) is 0 Å². The number of hydrogen-bond donors (Lipinski definition) is 2. The van der Waals surface area contributed by atoms with Crippen molar-refractivity contribution < 1.29 is 19.1 Å². The number of carbonyl (C=O) groups excluding carboxylic acids is 2. The second-order valence-corrected chi connectivity index (χ2v) is 6.72. The lowest BCUT2D eigenvalue weighted by molar-refractivity contribution is -0.126. The van der Waals surface area contributed by atoms with Crippen LogP contribution in [0.5, 0.6) is 11.5 Å². The number of rotatable bonds is 9. The summed E-state index contributed by atoms with van der Waals surface area (Å²) >= 11 is 11.7. The summed E-state index contributed by atoms with van der Waals surface area (Å²) < 4.78 is 10.9. The number of methoxy groups -OCH3 is 1. The quantitative estimate of drug-likeness (QED) is 0.348. The standard InChI is InChI=1S/C20H21Cl2N3O4/c1-3-8-29-17-7-4-13(9-18(17)28-2)12-23-25-20(27)11-19(26)24-14-5-6-15(21)16(22)10-14/h4-7,9-10,12H,3,8,11H2,1-2H3,(H,24,26)(H,25,27)/b23-12-. The van der Waals surface area contributed by atoms with E-state index in [4.69, 9.17) is 32.7 Å². The molecule has 154 valence electrons. The smallest absolute Gasteiger partial charge is 0.249 e. The zero-order valence-electron chi connectivity index (χ0n) is 16.0. The van der Waals surface area contributed by atoms with Crippen LogP contribution in [0.15, 0.2) is 41.5 Å². The first kappa shape index (κ1) is 22.5. The van der Waals surface area contributed by atoms with Gasteiger partial charge in [-0.25, -0.2) is 5.43 Å². The Morgan fingerprint density at radius 2 is 1.86 bits per heavy atom. The summed E-state index contributed by atoms with van der Waals surface area (Å²) in [5.41, 5.74) is 3.45. The predicted molar refractivity (Wildman–Crippen MR) is 114 cm³/mol. The van der Waals surface area contributed by atoms with Crippen LogP contribution in [0.2, 0.25) is 10.0 Å². The molecular weight excluding hydrogens is 417 g/mol. The second kappa shape index (κ2) is 11.3. The molecule has 2 aromatic carbocycles. The number of ether oxygens (including phenoxy) is 2. The molecular formula is C20H21Cl2N3O4. The van der Waals surface area contributed by atoms with Crippen LogP contribution >= 0.6 is 23.2 Å². The van der Waals surface area contributed by atoms with Crippen LogP contribution in [0, 0.1) is 0 Å². The number of benzene rings is 2. The molecule has 7 nitrogen and oxygen atoms in total. The molecule has 0 atom stereocenters. The predicted octanol–water partition coefficient (Wildman–Crippen LogP) is 4.27. The summed E-state index contributed by atoms with van der Waals surface area (Å²) in [4.78, 5) is 23.8. The Balaban J connectivity index is 1.86. The van der Waals surface area contributed by atoms with Crippen molar-refractivity contribution in [2.24, 2.45) is 5.10 Å². The van der Waals surface area contributed by atoms with E-state index in [1.165, 1.54) is 12.3 Å². The third-order valence-corrected chi connectivity index (χ3v) is 4.32. The minimum absolute atomic E-state index is 0.306. The van der Waals surface area contributed by atoms with Crippen molar-refractivity contribution >= 4 is 46.9 Å². The van der Waals surface area contributed by atoms with Crippen molar-refractivity contribution in [1.29, 1.82) is 0 Å². The van der Waals surface area contributed by atoms with E-state index in [1.807, 2.05) is 6.92 Å². The highest BCUT2D eigenvalue weighted by Crippen LogP contribution is 2.27. The third kappa shape index (κ3) is 7.29. The highest BCUT2D eigenvalue weighted by molar-refractivity contribution is 6.42. The van der Waals surface area contributed by atoms with Crippen molar-refractivity contribution in [2.45, 2.75) is 19.8 Å². The van der Waals surface area contributed by atoms with Gasteiger partial charge in [0.2, 0.25) is 11.8 Å². The van der Waals surface area contributed by atoms with Crippen molar-refractivity contribution in [3.8, 4) is 11.5 Å². The monoisotopic (exact) mass is 437 g/mol. The summed E-state index contributed by atoms with van der Waals surface area (Å²) in [6.45, 7) is 2.60. The number of anilines is 1. The Hall–Kier alpha value is -2.77.